The maximum atomic E-state index is 11.9. The lowest BCUT2D eigenvalue weighted by Crippen LogP contribution is -2.43. The molecule has 0 aromatic heterocycles. The Morgan fingerprint density at radius 1 is 1.26 bits per heavy atom. The molecule has 104 valence electrons. The molecule has 0 fully saturated rings. The van der Waals surface area contributed by atoms with E-state index in [4.69, 9.17) is 4.74 Å². The predicted octanol–water partition coefficient (Wildman–Crippen LogP) is 1.91. The van der Waals surface area contributed by atoms with Crippen LogP contribution in [0.3, 0.4) is 0 Å². The third kappa shape index (κ3) is 5.42. The fraction of sp³-hybridized carbons (Fsp3) is 0.429. The van der Waals surface area contributed by atoms with Gasteiger partial charge in [-0.3, -0.25) is 0 Å². The minimum atomic E-state index is -0.735. The first-order valence-electron chi connectivity index (χ1n) is 6.22. The molecule has 1 N–H and O–H groups in total. The Labute approximate surface area is 112 Å². The Morgan fingerprint density at radius 2 is 1.95 bits per heavy atom. The molecule has 0 saturated carbocycles. The van der Waals surface area contributed by atoms with E-state index in [1.54, 1.807) is 0 Å². The van der Waals surface area contributed by atoms with Gasteiger partial charge in [0.15, 0.2) is 0 Å². The van der Waals surface area contributed by atoms with Crippen LogP contribution in [0.1, 0.15) is 18.9 Å². The number of alkyl carbamates (subject to hydrolysis) is 1. The van der Waals surface area contributed by atoms with Crippen LogP contribution in [0.2, 0.25) is 0 Å². The Bertz CT molecular complexity index is 405. The molecule has 0 spiro atoms. The van der Waals surface area contributed by atoms with Crippen LogP contribution in [-0.4, -0.2) is 31.8 Å². The summed E-state index contributed by atoms with van der Waals surface area (Å²) in [5.41, 5.74) is 0.942. The molecule has 1 aromatic rings. The van der Waals surface area contributed by atoms with Crippen LogP contribution in [0.15, 0.2) is 30.3 Å². The number of hydrogen-bond acceptors (Lipinski definition) is 4. The molecule has 0 aliphatic heterocycles. The van der Waals surface area contributed by atoms with Gasteiger partial charge in [-0.15, -0.1) is 0 Å². The molecule has 19 heavy (non-hydrogen) atoms. The second kappa shape index (κ2) is 8.13. The first-order chi connectivity index (χ1) is 9.17. The van der Waals surface area contributed by atoms with E-state index in [0.29, 0.717) is 13.0 Å². The Kier molecular flexibility index (Phi) is 6.43. The number of rotatable bonds is 6. The highest BCUT2D eigenvalue weighted by Crippen LogP contribution is 2.05. The first kappa shape index (κ1) is 15.0. The van der Waals surface area contributed by atoms with Crippen molar-refractivity contribution in [1.82, 2.24) is 5.32 Å². The molecule has 1 unspecified atom stereocenters. The lowest BCUT2D eigenvalue weighted by atomic mass is 10.1. The van der Waals surface area contributed by atoms with E-state index in [-0.39, 0.29) is 0 Å². The quantitative estimate of drug-likeness (QED) is 0.798. The number of amides is 1. The normalized spacial score (nSPS) is 11.5. The number of esters is 1. The Morgan fingerprint density at radius 3 is 2.53 bits per heavy atom. The van der Waals surface area contributed by atoms with Gasteiger partial charge < -0.3 is 14.8 Å². The SMILES string of the molecule is CCCOC(=O)C(Cc1ccccc1)NC(=O)OC. The lowest BCUT2D eigenvalue weighted by molar-refractivity contribution is -0.146. The van der Waals surface area contributed by atoms with Gasteiger partial charge in [-0.05, 0) is 12.0 Å². The van der Waals surface area contributed by atoms with Crippen molar-refractivity contribution in [3.63, 3.8) is 0 Å². The van der Waals surface area contributed by atoms with E-state index in [2.05, 4.69) is 10.1 Å². The highest BCUT2D eigenvalue weighted by Gasteiger charge is 2.22. The zero-order valence-corrected chi connectivity index (χ0v) is 11.2. The smallest absolute Gasteiger partial charge is 0.407 e. The Hall–Kier alpha value is -2.04. The monoisotopic (exact) mass is 265 g/mol. The largest absolute Gasteiger partial charge is 0.464 e. The number of carbonyl (C=O) groups excluding carboxylic acids is 2. The van der Waals surface area contributed by atoms with Crippen LogP contribution in [-0.2, 0) is 20.7 Å². The lowest BCUT2D eigenvalue weighted by Gasteiger charge is -2.16. The average molecular weight is 265 g/mol. The summed E-state index contributed by atoms with van der Waals surface area (Å²) in [7, 11) is 1.26. The molecular formula is C14H19NO4. The van der Waals surface area contributed by atoms with Crippen LogP contribution in [0.5, 0.6) is 0 Å². The first-order valence-corrected chi connectivity index (χ1v) is 6.22. The summed E-state index contributed by atoms with van der Waals surface area (Å²) in [5, 5.41) is 2.49. The summed E-state index contributed by atoms with van der Waals surface area (Å²) >= 11 is 0. The molecule has 5 heteroatoms. The highest BCUT2D eigenvalue weighted by molar-refractivity contribution is 5.81. The molecule has 0 saturated heterocycles. The van der Waals surface area contributed by atoms with Gasteiger partial charge in [0.1, 0.15) is 6.04 Å². The second-order valence-corrected chi connectivity index (χ2v) is 4.05. The summed E-state index contributed by atoms with van der Waals surface area (Å²) < 4.78 is 9.58. The van der Waals surface area contributed by atoms with Crippen molar-refractivity contribution in [2.45, 2.75) is 25.8 Å². The Balaban J connectivity index is 2.68. The van der Waals surface area contributed by atoms with Gasteiger partial charge in [-0.25, -0.2) is 9.59 Å². The maximum Gasteiger partial charge on any atom is 0.407 e. The number of benzene rings is 1. The van der Waals surface area contributed by atoms with Crippen molar-refractivity contribution in [1.29, 1.82) is 0 Å². The highest BCUT2D eigenvalue weighted by atomic mass is 16.5. The zero-order valence-electron chi connectivity index (χ0n) is 11.2. The van der Waals surface area contributed by atoms with Gasteiger partial charge in [0.2, 0.25) is 0 Å². The van der Waals surface area contributed by atoms with E-state index < -0.39 is 18.1 Å². The molecule has 1 rings (SSSR count). The van der Waals surface area contributed by atoms with Gasteiger partial charge in [0, 0.05) is 6.42 Å². The maximum absolute atomic E-state index is 11.9. The van der Waals surface area contributed by atoms with Crippen LogP contribution < -0.4 is 5.32 Å². The van der Waals surface area contributed by atoms with Gasteiger partial charge in [-0.1, -0.05) is 37.3 Å². The molecule has 1 amide bonds. The van der Waals surface area contributed by atoms with Gasteiger partial charge in [-0.2, -0.15) is 0 Å². The van der Waals surface area contributed by atoms with E-state index in [9.17, 15) is 9.59 Å². The molecule has 0 bridgehead atoms. The third-order valence-corrected chi connectivity index (χ3v) is 2.49. The summed E-state index contributed by atoms with van der Waals surface area (Å²) in [6.07, 6.45) is 0.468. The van der Waals surface area contributed by atoms with Crippen molar-refractivity contribution >= 4 is 12.1 Å². The molecule has 0 aliphatic rings. The van der Waals surface area contributed by atoms with E-state index in [1.165, 1.54) is 7.11 Å². The van der Waals surface area contributed by atoms with Gasteiger partial charge in [0.25, 0.3) is 0 Å². The molecule has 1 aromatic carbocycles. The second-order valence-electron chi connectivity index (χ2n) is 4.05. The van der Waals surface area contributed by atoms with Crippen molar-refractivity contribution < 1.29 is 19.1 Å². The van der Waals surface area contributed by atoms with Crippen molar-refractivity contribution in [2.75, 3.05) is 13.7 Å². The number of hydrogen-bond donors (Lipinski definition) is 1. The number of carbonyl (C=O) groups is 2. The number of methoxy groups -OCH3 is 1. The number of nitrogens with one attached hydrogen (secondary N) is 1. The third-order valence-electron chi connectivity index (χ3n) is 2.49. The van der Waals surface area contributed by atoms with Crippen molar-refractivity contribution in [3.8, 4) is 0 Å². The van der Waals surface area contributed by atoms with Crippen LogP contribution in [0.25, 0.3) is 0 Å². The summed E-state index contributed by atoms with van der Waals surface area (Å²) in [5.74, 6) is -0.448. The minimum Gasteiger partial charge on any atom is -0.464 e. The fourth-order valence-corrected chi connectivity index (χ4v) is 1.55. The summed E-state index contributed by atoms with van der Waals surface area (Å²) in [6.45, 7) is 2.25. The summed E-state index contributed by atoms with van der Waals surface area (Å²) in [4.78, 5) is 23.1. The molecule has 1 atom stereocenters. The molecule has 5 nitrogen and oxygen atoms in total. The topological polar surface area (TPSA) is 64.6 Å². The average Bonchev–Trinajstić information content (AvgIpc) is 2.44. The van der Waals surface area contributed by atoms with E-state index in [0.717, 1.165) is 12.0 Å². The minimum absolute atomic E-state index is 0.340. The van der Waals surface area contributed by atoms with Crippen LogP contribution >= 0.6 is 0 Å². The standard InChI is InChI=1S/C14H19NO4/c1-3-9-19-13(16)12(15-14(17)18-2)10-11-7-5-4-6-8-11/h4-8,12H,3,9-10H2,1-2H3,(H,15,17). The predicted molar refractivity (Wildman–Crippen MR) is 70.7 cm³/mol. The molecular weight excluding hydrogens is 246 g/mol. The number of ether oxygens (including phenoxy) is 2. The van der Waals surface area contributed by atoms with Crippen LogP contribution in [0, 0.1) is 0 Å². The van der Waals surface area contributed by atoms with Crippen molar-refractivity contribution in [3.05, 3.63) is 35.9 Å². The van der Waals surface area contributed by atoms with E-state index in [1.807, 2.05) is 37.3 Å². The molecule has 0 aliphatic carbocycles. The summed E-state index contributed by atoms with van der Waals surface area (Å²) in [6, 6.07) is 8.69. The van der Waals surface area contributed by atoms with Crippen molar-refractivity contribution in [2.24, 2.45) is 0 Å². The van der Waals surface area contributed by atoms with Gasteiger partial charge in [0.05, 0.1) is 13.7 Å². The van der Waals surface area contributed by atoms with Gasteiger partial charge >= 0.3 is 12.1 Å². The molecule has 0 radical (unpaired) electrons. The fourth-order valence-electron chi connectivity index (χ4n) is 1.55. The van der Waals surface area contributed by atoms with E-state index >= 15 is 0 Å². The zero-order chi connectivity index (χ0) is 14.1. The van der Waals surface area contributed by atoms with Crippen LogP contribution in [0.4, 0.5) is 4.79 Å². The molecule has 0 heterocycles.